The fourth-order valence-corrected chi connectivity index (χ4v) is 1.99. The van der Waals surface area contributed by atoms with Crippen LogP contribution in [-0.4, -0.2) is 14.1 Å². The lowest BCUT2D eigenvalue weighted by Gasteiger charge is -2.14. The Morgan fingerprint density at radius 1 is 1.16 bits per heavy atom. The van der Waals surface area contributed by atoms with Gasteiger partial charge in [-0.1, -0.05) is 22.0 Å². The predicted octanol–water partition coefficient (Wildman–Crippen LogP) is 4.18. The quantitative estimate of drug-likeness (QED) is 0.852. The highest BCUT2D eigenvalue weighted by atomic mass is 79.9. The zero-order valence-corrected chi connectivity index (χ0v) is 12.3. The second-order valence-corrected chi connectivity index (χ2v) is 5.16. The molecule has 0 aliphatic heterocycles. The van der Waals surface area contributed by atoms with E-state index in [1.165, 1.54) is 0 Å². The Morgan fingerprint density at radius 2 is 1.95 bits per heavy atom. The van der Waals surface area contributed by atoms with Gasteiger partial charge < -0.3 is 9.64 Å². The van der Waals surface area contributed by atoms with Gasteiger partial charge in [-0.15, -0.1) is 0 Å². The molecule has 4 heteroatoms. The minimum atomic E-state index is 0.504. The van der Waals surface area contributed by atoms with Crippen molar-refractivity contribution >= 4 is 21.6 Å². The standard InChI is InChI=1S/C15H13BrN2O/c1-18(2)13-4-3-5-14(9-13)19-15-7-6-12(16)8-11(15)10-17/h3-9H,1-2H3. The van der Waals surface area contributed by atoms with E-state index in [0.717, 1.165) is 10.2 Å². The van der Waals surface area contributed by atoms with Crippen LogP contribution in [0.1, 0.15) is 5.56 Å². The van der Waals surface area contributed by atoms with Crippen LogP contribution < -0.4 is 9.64 Å². The van der Waals surface area contributed by atoms with Crippen LogP contribution in [0.4, 0.5) is 5.69 Å². The van der Waals surface area contributed by atoms with E-state index < -0.39 is 0 Å². The van der Waals surface area contributed by atoms with Crippen molar-refractivity contribution in [3.63, 3.8) is 0 Å². The molecule has 96 valence electrons. The van der Waals surface area contributed by atoms with Crippen LogP contribution in [0.2, 0.25) is 0 Å². The molecule has 0 fully saturated rings. The van der Waals surface area contributed by atoms with Crippen molar-refractivity contribution in [2.24, 2.45) is 0 Å². The molecule has 0 bridgehead atoms. The monoisotopic (exact) mass is 316 g/mol. The third-order valence-electron chi connectivity index (χ3n) is 2.62. The summed E-state index contributed by atoms with van der Waals surface area (Å²) >= 11 is 3.34. The number of hydrogen-bond acceptors (Lipinski definition) is 3. The van der Waals surface area contributed by atoms with E-state index in [0.29, 0.717) is 17.1 Å². The van der Waals surface area contributed by atoms with Crippen molar-refractivity contribution in [1.82, 2.24) is 0 Å². The van der Waals surface area contributed by atoms with E-state index in [4.69, 9.17) is 10.00 Å². The molecule has 0 amide bonds. The van der Waals surface area contributed by atoms with Gasteiger partial charge in [-0.25, -0.2) is 0 Å². The first-order valence-corrected chi connectivity index (χ1v) is 6.54. The maximum Gasteiger partial charge on any atom is 0.145 e. The summed E-state index contributed by atoms with van der Waals surface area (Å²) in [5, 5.41) is 9.10. The van der Waals surface area contributed by atoms with Crippen molar-refractivity contribution in [3.8, 4) is 17.6 Å². The molecule has 0 aromatic heterocycles. The summed E-state index contributed by atoms with van der Waals surface area (Å²) < 4.78 is 6.64. The fraction of sp³-hybridized carbons (Fsp3) is 0.133. The number of rotatable bonds is 3. The Labute approximate surface area is 121 Å². The molecular formula is C15H13BrN2O. The summed E-state index contributed by atoms with van der Waals surface area (Å²) in [6, 6.07) is 15.2. The molecule has 0 spiro atoms. The van der Waals surface area contributed by atoms with Crippen LogP contribution in [0.15, 0.2) is 46.9 Å². The van der Waals surface area contributed by atoms with Crippen molar-refractivity contribution in [3.05, 3.63) is 52.5 Å². The zero-order valence-electron chi connectivity index (χ0n) is 10.7. The average molecular weight is 317 g/mol. The van der Waals surface area contributed by atoms with Crippen LogP contribution in [-0.2, 0) is 0 Å². The van der Waals surface area contributed by atoms with Crippen molar-refractivity contribution < 1.29 is 4.74 Å². The van der Waals surface area contributed by atoms with E-state index in [1.54, 1.807) is 12.1 Å². The second-order valence-electron chi connectivity index (χ2n) is 4.25. The summed E-state index contributed by atoms with van der Waals surface area (Å²) in [6.45, 7) is 0. The van der Waals surface area contributed by atoms with E-state index in [1.807, 2.05) is 49.3 Å². The molecule has 0 saturated heterocycles. The van der Waals surface area contributed by atoms with Crippen LogP contribution in [0.5, 0.6) is 11.5 Å². The van der Waals surface area contributed by atoms with Crippen LogP contribution in [0.3, 0.4) is 0 Å². The summed E-state index contributed by atoms with van der Waals surface area (Å²) in [5.74, 6) is 1.27. The van der Waals surface area contributed by atoms with Crippen molar-refractivity contribution in [2.75, 3.05) is 19.0 Å². The topological polar surface area (TPSA) is 36.3 Å². The van der Waals surface area contributed by atoms with Crippen LogP contribution in [0.25, 0.3) is 0 Å². The fourth-order valence-electron chi connectivity index (χ4n) is 1.63. The lowest BCUT2D eigenvalue weighted by Crippen LogP contribution is -2.08. The van der Waals surface area contributed by atoms with Crippen molar-refractivity contribution in [1.29, 1.82) is 5.26 Å². The lowest BCUT2D eigenvalue weighted by molar-refractivity contribution is 0.481. The first kappa shape index (κ1) is 13.4. The molecule has 2 aromatic carbocycles. The van der Waals surface area contributed by atoms with E-state index in [-0.39, 0.29) is 0 Å². The second kappa shape index (κ2) is 5.77. The molecule has 19 heavy (non-hydrogen) atoms. The minimum Gasteiger partial charge on any atom is -0.456 e. The number of ether oxygens (including phenoxy) is 1. The van der Waals surface area contributed by atoms with Gasteiger partial charge in [0.25, 0.3) is 0 Å². The Kier molecular flexibility index (Phi) is 4.08. The van der Waals surface area contributed by atoms with Crippen molar-refractivity contribution in [2.45, 2.75) is 0 Å². The normalized spacial score (nSPS) is 9.79. The molecule has 2 rings (SSSR count). The maximum absolute atomic E-state index is 9.10. The number of nitrogens with zero attached hydrogens (tertiary/aromatic N) is 2. The minimum absolute atomic E-state index is 0.504. The molecule has 3 nitrogen and oxygen atoms in total. The van der Waals surface area contributed by atoms with E-state index >= 15 is 0 Å². The highest BCUT2D eigenvalue weighted by Gasteiger charge is 2.06. The Bertz CT molecular complexity index is 632. The largest absolute Gasteiger partial charge is 0.456 e. The Morgan fingerprint density at radius 3 is 2.63 bits per heavy atom. The zero-order chi connectivity index (χ0) is 13.8. The third-order valence-corrected chi connectivity index (χ3v) is 3.12. The van der Waals surface area contributed by atoms with Gasteiger partial charge in [0.15, 0.2) is 0 Å². The number of hydrogen-bond donors (Lipinski definition) is 0. The number of halogens is 1. The molecule has 0 radical (unpaired) electrons. The summed E-state index contributed by atoms with van der Waals surface area (Å²) in [4.78, 5) is 2.00. The van der Waals surface area contributed by atoms with Crippen LogP contribution >= 0.6 is 15.9 Å². The third kappa shape index (κ3) is 3.27. The SMILES string of the molecule is CN(C)c1cccc(Oc2ccc(Br)cc2C#N)c1. The van der Waals surface area contributed by atoms with E-state index in [2.05, 4.69) is 22.0 Å². The first-order chi connectivity index (χ1) is 9.10. The van der Waals surface area contributed by atoms with Gasteiger partial charge in [-0.3, -0.25) is 0 Å². The summed E-state index contributed by atoms with van der Waals surface area (Å²) in [5.41, 5.74) is 1.55. The molecular weight excluding hydrogens is 304 g/mol. The average Bonchev–Trinajstić information content (AvgIpc) is 2.41. The van der Waals surface area contributed by atoms with Gasteiger partial charge >= 0.3 is 0 Å². The number of benzene rings is 2. The highest BCUT2D eigenvalue weighted by molar-refractivity contribution is 9.10. The van der Waals surface area contributed by atoms with Gasteiger partial charge in [0.1, 0.15) is 17.6 Å². The summed E-state index contributed by atoms with van der Waals surface area (Å²) in [7, 11) is 3.94. The van der Waals surface area contributed by atoms with Gasteiger partial charge in [0.05, 0.1) is 5.56 Å². The predicted molar refractivity (Wildman–Crippen MR) is 79.7 cm³/mol. The molecule has 0 aliphatic carbocycles. The Balaban J connectivity index is 2.31. The molecule has 0 atom stereocenters. The van der Waals surface area contributed by atoms with E-state index in [9.17, 15) is 0 Å². The van der Waals surface area contributed by atoms with Gasteiger partial charge in [-0.05, 0) is 30.3 Å². The smallest absolute Gasteiger partial charge is 0.145 e. The summed E-state index contributed by atoms with van der Waals surface area (Å²) in [6.07, 6.45) is 0. The van der Waals surface area contributed by atoms with Crippen LogP contribution in [0, 0.1) is 11.3 Å². The van der Waals surface area contributed by atoms with Gasteiger partial charge in [0, 0.05) is 30.3 Å². The number of nitriles is 1. The molecule has 2 aromatic rings. The molecule has 0 saturated carbocycles. The molecule has 0 unspecified atom stereocenters. The molecule has 0 aliphatic rings. The first-order valence-electron chi connectivity index (χ1n) is 5.75. The lowest BCUT2D eigenvalue weighted by atomic mass is 10.2. The maximum atomic E-state index is 9.10. The Hall–Kier alpha value is -1.99. The van der Waals surface area contributed by atoms with Gasteiger partial charge in [0.2, 0.25) is 0 Å². The highest BCUT2D eigenvalue weighted by Crippen LogP contribution is 2.29. The van der Waals surface area contributed by atoms with Gasteiger partial charge in [-0.2, -0.15) is 5.26 Å². The number of anilines is 1. The molecule has 0 N–H and O–H groups in total. The molecule has 0 heterocycles.